The molecule has 0 saturated heterocycles. The van der Waals surface area contributed by atoms with Gasteiger partial charge in [-0.2, -0.15) is 0 Å². The number of carbonyl (C=O) groups excluding carboxylic acids is 2. The number of H-pyrrole nitrogens is 3. The van der Waals surface area contributed by atoms with Crippen LogP contribution in [0.1, 0.15) is 156 Å². The molecule has 0 aliphatic rings. The molecule has 0 radical (unpaired) electrons. The van der Waals surface area contributed by atoms with E-state index in [1.807, 2.05) is 81.7 Å². The smallest absolute Gasteiger partial charge is 0.335 e. The van der Waals surface area contributed by atoms with Crippen molar-refractivity contribution in [2.75, 3.05) is 0 Å². The van der Waals surface area contributed by atoms with Gasteiger partial charge in [-0.1, -0.05) is 53.0 Å². The molecule has 12 aromatic heterocycles. The molecule has 554 valence electrons. The molecule has 2 amide bonds. The van der Waals surface area contributed by atoms with Gasteiger partial charge in [0.15, 0.2) is 0 Å². The summed E-state index contributed by atoms with van der Waals surface area (Å²) in [5.41, 5.74) is 21.4. The van der Waals surface area contributed by atoms with E-state index < -0.39 is 22.8 Å². The molecule has 0 unspecified atom stereocenters. The lowest BCUT2D eigenvalue weighted by Crippen LogP contribution is -2.23. The van der Waals surface area contributed by atoms with Crippen molar-refractivity contribution in [3.8, 4) is 0 Å². The Hall–Kier alpha value is -11.5. The molecule has 15 rings (SSSR count). The summed E-state index contributed by atoms with van der Waals surface area (Å²) in [5, 5.41) is 54.4. The van der Waals surface area contributed by atoms with E-state index in [2.05, 4.69) is 94.7 Å². The third kappa shape index (κ3) is 18.9. The Balaban J connectivity index is 0.000000143. The van der Waals surface area contributed by atoms with Crippen LogP contribution in [-0.4, -0.2) is 98.0 Å². The van der Waals surface area contributed by atoms with Gasteiger partial charge in [-0.3, -0.25) is 39.5 Å². The number of benzene rings is 3. The topological polar surface area (TPSA) is 346 Å². The lowest BCUT2D eigenvalue weighted by molar-refractivity contribution is 0.0694. The molecule has 0 aliphatic carbocycles. The van der Waals surface area contributed by atoms with Gasteiger partial charge in [0, 0.05) is 190 Å². The number of aryl methyl sites for hydroxylation is 3. The van der Waals surface area contributed by atoms with Gasteiger partial charge in [-0.05, 0) is 203 Å². The van der Waals surface area contributed by atoms with Gasteiger partial charge in [0.1, 0.15) is 16.9 Å². The lowest BCUT2D eigenvalue weighted by Gasteiger charge is -2.21. The third-order valence-electron chi connectivity index (χ3n) is 18.0. The Kier molecular flexibility index (Phi) is 23.0. The highest BCUT2D eigenvalue weighted by Crippen LogP contribution is 2.34. The molecule has 22 nitrogen and oxygen atoms in total. The van der Waals surface area contributed by atoms with E-state index in [0.717, 1.165) is 133 Å². The maximum absolute atomic E-state index is 12.9. The summed E-state index contributed by atoms with van der Waals surface area (Å²) in [6, 6.07) is 33.9. The average Bonchev–Trinajstić information content (AvgIpc) is 1.35. The number of amides is 2. The first-order valence-electron chi connectivity index (χ1n) is 34.9. The zero-order valence-corrected chi connectivity index (χ0v) is 63.6. The molecule has 109 heavy (non-hydrogen) atoms. The summed E-state index contributed by atoms with van der Waals surface area (Å²) in [6.07, 6.45) is 22.0. The SMILES string of the molecule is Cc1cnc2c(C(C)(C)O)cc(Cc3cc(C(=O)NCc4cnc5[nH]cc(Cl)c5c4)ccn3)cc2c1.Cc1cnc2c(C(C)(C)O)cc(Cc3cc(C(=O)NCc4cnc5[nH]cc(Cl)c5c4)ccn3)cc2c1.Cc1cnc2c(C(C)(C)O)cc(Cc3cc(C(=O)O)ccn3)cc2c1.NCc1cnc2[nH]cc(Cl)c2c1. The van der Waals surface area contributed by atoms with Gasteiger partial charge in [0.05, 0.1) is 54.0 Å². The van der Waals surface area contributed by atoms with Crippen LogP contribution < -0.4 is 16.4 Å². The first-order valence-corrected chi connectivity index (χ1v) is 36.1. The highest BCUT2D eigenvalue weighted by Gasteiger charge is 2.25. The number of nitrogens with one attached hydrogen (secondary N) is 5. The Morgan fingerprint density at radius 3 is 1.04 bits per heavy atom. The fourth-order valence-corrected chi connectivity index (χ4v) is 13.3. The van der Waals surface area contributed by atoms with Gasteiger partial charge >= 0.3 is 5.97 Å². The normalized spacial score (nSPS) is 11.7. The van der Waals surface area contributed by atoms with E-state index in [0.29, 0.717) is 82.1 Å². The molecule has 0 bridgehead atoms. The highest BCUT2D eigenvalue weighted by atomic mass is 35.5. The molecule has 0 spiro atoms. The summed E-state index contributed by atoms with van der Waals surface area (Å²) < 4.78 is 0. The van der Waals surface area contributed by atoms with E-state index >= 15 is 0 Å². The number of aromatic carboxylic acids is 1. The minimum atomic E-state index is -1.05. The number of aliphatic hydroxyl groups is 3. The monoisotopic (exact) mass is 1520 g/mol. The standard InChI is InChI=1S/2C28H26ClN5O2.C20H20N2O3.C8H8ClN3/c2*1-16-6-20-7-17(10-23(28(2,3)36)25(20)31-12-16)8-21-11-19(4-5-30-21)27(35)34-14-18-9-22-24(29)15-33-26(22)32-13-18;1-12-6-15-7-13(8-16-10-14(19(23)24)4-5-21-16)9-17(20(2,3)25)18(15)22-11-12;9-7-4-12-8-6(7)1-5(2-10)3-11-8/h2*4-7,9-13,15,36H,8,14H2,1-3H3,(H,32,33)(H,34,35);4-7,9-11,25H,8H2,1-3H3,(H,23,24);1,3-4H,2,10H2,(H,11,12). The number of carboxylic acid groups (broad SMARTS) is 1. The number of carboxylic acids is 1. The molecule has 12 heterocycles. The first kappa shape index (κ1) is 77.2. The van der Waals surface area contributed by atoms with E-state index in [-0.39, 0.29) is 17.4 Å². The number of halogens is 3. The number of hydrogen-bond donors (Lipinski definition) is 10. The molecule has 25 heteroatoms. The number of fused-ring (bicyclic) bond motifs is 6. The minimum Gasteiger partial charge on any atom is -0.478 e. The summed E-state index contributed by atoms with van der Waals surface area (Å²) >= 11 is 18.2. The number of rotatable bonds is 17. The van der Waals surface area contributed by atoms with Crippen molar-refractivity contribution in [1.29, 1.82) is 0 Å². The van der Waals surface area contributed by atoms with Crippen LogP contribution in [0.15, 0.2) is 184 Å². The van der Waals surface area contributed by atoms with Crippen molar-refractivity contribution in [3.05, 3.63) is 299 Å². The number of carbonyl (C=O) groups is 3. The van der Waals surface area contributed by atoms with Gasteiger partial charge < -0.3 is 51.7 Å². The van der Waals surface area contributed by atoms with Crippen LogP contribution in [0.25, 0.3) is 65.8 Å². The van der Waals surface area contributed by atoms with Crippen molar-refractivity contribution in [1.82, 2.24) is 70.4 Å². The second-order valence-electron chi connectivity index (χ2n) is 28.5. The Morgan fingerprint density at radius 1 is 0.404 bits per heavy atom. The number of aromatic nitrogens is 12. The van der Waals surface area contributed by atoms with Crippen LogP contribution >= 0.6 is 34.8 Å². The number of nitrogens with two attached hydrogens (primary N) is 1. The van der Waals surface area contributed by atoms with Gasteiger partial charge in [0.2, 0.25) is 0 Å². The van der Waals surface area contributed by atoms with Crippen LogP contribution in [-0.2, 0) is 55.7 Å². The Bertz CT molecular complexity index is 5700. The first-order chi connectivity index (χ1) is 51.9. The molecule has 0 saturated carbocycles. The zero-order valence-electron chi connectivity index (χ0n) is 61.3. The summed E-state index contributed by atoms with van der Waals surface area (Å²) in [5.74, 6) is -1.37. The maximum atomic E-state index is 12.9. The second kappa shape index (κ2) is 32.5. The summed E-state index contributed by atoms with van der Waals surface area (Å²) in [6.45, 7) is 17.6. The van der Waals surface area contributed by atoms with Crippen LogP contribution in [0, 0.1) is 20.8 Å². The third-order valence-corrected chi connectivity index (χ3v) is 19.0. The zero-order chi connectivity index (χ0) is 77.6. The van der Waals surface area contributed by atoms with Crippen molar-refractivity contribution in [3.63, 3.8) is 0 Å². The molecule has 0 atom stereocenters. The predicted molar refractivity (Wildman–Crippen MR) is 427 cm³/mol. The fraction of sp³-hybridized carbons (Fsp3) is 0.214. The van der Waals surface area contributed by atoms with Crippen LogP contribution in [0.4, 0.5) is 0 Å². The van der Waals surface area contributed by atoms with Crippen LogP contribution in [0.2, 0.25) is 15.1 Å². The molecule has 3 aromatic carbocycles. The molecular weight excluding hydrogens is 1440 g/mol. The number of pyridine rings is 9. The van der Waals surface area contributed by atoms with Gasteiger partial charge in [-0.25, -0.2) is 19.7 Å². The summed E-state index contributed by atoms with van der Waals surface area (Å²) in [4.78, 5) is 85.5. The maximum Gasteiger partial charge on any atom is 0.335 e. The average molecular weight is 1520 g/mol. The van der Waals surface area contributed by atoms with E-state index in [4.69, 9.17) is 45.6 Å². The predicted octanol–water partition coefficient (Wildman–Crippen LogP) is 15.6. The van der Waals surface area contributed by atoms with Crippen molar-refractivity contribution >= 4 is 118 Å². The second-order valence-corrected chi connectivity index (χ2v) is 29.7. The van der Waals surface area contributed by atoms with Crippen molar-refractivity contribution in [2.24, 2.45) is 5.73 Å². The fourth-order valence-electron chi connectivity index (χ4n) is 12.7. The number of nitrogens with zero attached hydrogens (tertiary/aromatic N) is 9. The molecule has 15 aromatic rings. The molecular formula is C84H80Cl3N15O7. The van der Waals surface area contributed by atoms with Crippen LogP contribution in [0.3, 0.4) is 0 Å². The number of hydrogen-bond acceptors (Lipinski definition) is 16. The van der Waals surface area contributed by atoms with Crippen LogP contribution in [0.5, 0.6) is 0 Å². The summed E-state index contributed by atoms with van der Waals surface area (Å²) in [7, 11) is 0. The highest BCUT2D eigenvalue weighted by molar-refractivity contribution is 6.36. The van der Waals surface area contributed by atoms with E-state index in [9.17, 15) is 29.7 Å². The Morgan fingerprint density at radius 2 is 0.716 bits per heavy atom. The van der Waals surface area contributed by atoms with Crippen molar-refractivity contribution < 1.29 is 34.8 Å². The molecule has 0 fully saturated rings. The van der Waals surface area contributed by atoms with E-state index in [1.165, 1.54) is 12.3 Å². The minimum absolute atomic E-state index is 0.200. The number of aromatic amines is 3. The Labute approximate surface area is 642 Å². The molecule has 0 aliphatic heterocycles. The largest absolute Gasteiger partial charge is 0.478 e. The van der Waals surface area contributed by atoms with E-state index in [1.54, 1.807) is 128 Å². The van der Waals surface area contributed by atoms with Gasteiger partial charge in [-0.15, -0.1) is 0 Å². The van der Waals surface area contributed by atoms with Gasteiger partial charge in [0.25, 0.3) is 11.8 Å². The molecule has 11 N–H and O–H groups in total. The lowest BCUT2D eigenvalue weighted by atomic mass is 9.91. The quantitative estimate of drug-likeness (QED) is 0.0405. The van der Waals surface area contributed by atoms with Crippen molar-refractivity contribution in [2.45, 2.75) is 118 Å².